The number of carboxylic acid groups (broad SMARTS) is 1. The summed E-state index contributed by atoms with van der Waals surface area (Å²) in [6, 6.07) is 4.89. The van der Waals surface area contributed by atoms with Gasteiger partial charge in [-0.3, -0.25) is 4.90 Å². The second-order valence-electron chi connectivity index (χ2n) is 5.24. The summed E-state index contributed by atoms with van der Waals surface area (Å²) in [5, 5.41) is 8.62. The summed E-state index contributed by atoms with van der Waals surface area (Å²) < 4.78 is 13.6. The van der Waals surface area contributed by atoms with Gasteiger partial charge in [-0.05, 0) is 30.3 Å². The van der Waals surface area contributed by atoms with Crippen molar-refractivity contribution in [3.8, 4) is 0 Å². The monoisotopic (exact) mass is 292 g/mol. The normalized spacial score (nSPS) is 17.4. The van der Waals surface area contributed by atoms with Crippen molar-refractivity contribution in [2.24, 2.45) is 0 Å². The van der Waals surface area contributed by atoms with E-state index in [2.05, 4.69) is 16.7 Å². The molecule has 114 valence electrons. The number of rotatable bonds is 5. The smallest absolute Gasteiger partial charge is 0.328 e. The molecule has 1 heterocycles. The highest BCUT2D eigenvalue weighted by atomic mass is 19.1. The molecule has 1 aliphatic rings. The van der Waals surface area contributed by atoms with Gasteiger partial charge in [0.25, 0.3) is 0 Å². The van der Waals surface area contributed by atoms with Crippen molar-refractivity contribution in [2.45, 2.75) is 13.5 Å². The summed E-state index contributed by atoms with van der Waals surface area (Å²) >= 11 is 0. The molecule has 1 aliphatic heterocycles. The number of piperazine rings is 1. The van der Waals surface area contributed by atoms with Crippen LogP contribution in [0.2, 0.25) is 0 Å². The molecule has 21 heavy (non-hydrogen) atoms. The molecular formula is C16H21FN2O2. The second-order valence-corrected chi connectivity index (χ2v) is 5.24. The van der Waals surface area contributed by atoms with Crippen LogP contribution in [0.4, 0.5) is 4.39 Å². The molecule has 0 bridgehead atoms. The average molecular weight is 292 g/mol. The van der Waals surface area contributed by atoms with Gasteiger partial charge in [0.2, 0.25) is 0 Å². The number of nitrogens with zero attached hydrogens (tertiary/aromatic N) is 2. The minimum atomic E-state index is -1.07. The number of hydrogen-bond donors (Lipinski definition) is 1. The molecule has 5 heteroatoms. The van der Waals surface area contributed by atoms with Crippen molar-refractivity contribution >= 4 is 12.0 Å². The lowest BCUT2D eigenvalue weighted by molar-refractivity contribution is -0.131. The Kier molecular flexibility index (Phi) is 5.47. The average Bonchev–Trinajstić information content (AvgIpc) is 2.48. The Morgan fingerprint density at radius 2 is 1.95 bits per heavy atom. The number of hydrogen-bond acceptors (Lipinski definition) is 3. The Labute approximate surface area is 124 Å². The Balaban J connectivity index is 2.01. The van der Waals surface area contributed by atoms with Crippen LogP contribution in [0.25, 0.3) is 6.08 Å². The van der Waals surface area contributed by atoms with E-state index in [0.717, 1.165) is 50.9 Å². The number of benzene rings is 1. The number of carbonyl (C=O) groups is 1. The van der Waals surface area contributed by atoms with Crippen LogP contribution in [-0.2, 0) is 11.3 Å². The molecule has 1 aromatic carbocycles. The summed E-state index contributed by atoms with van der Waals surface area (Å²) in [5.74, 6) is -1.47. The maximum atomic E-state index is 13.6. The number of carboxylic acids is 1. The van der Waals surface area contributed by atoms with Crippen molar-refractivity contribution in [1.29, 1.82) is 0 Å². The van der Waals surface area contributed by atoms with E-state index in [0.29, 0.717) is 5.56 Å². The zero-order valence-corrected chi connectivity index (χ0v) is 12.3. The maximum absolute atomic E-state index is 13.6. The first-order chi connectivity index (χ1) is 10.1. The Hall–Kier alpha value is -1.72. The molecule has 0 spiro atoms. The summed E-state index contributed by atoms with van der Waals surface area (Å²) in [6.07, 6.45) is 2.26. The number of aliphatic carboxylic acids is 1. The predicted molar refractivity (Wildman–Crippen MR) is 80.5 cm³/mol. The summed E-state index contributed by atoms with van der Waals surface area (Å²) in [7, 11) is 0. The zero-order valence-electron chi connectivity index (χ0n) is 12.3. The molecule has 1 N–H and O–H groups in total. The van der Waals surface area contributed by atoms with Gasteiger partial charge < -0.3 is 10.0 Å². The van der Waals surface area contributed by atoms with Crippen LogP contribution in [0, 0.1) is 5.82 Å². The topological polar surface area (TPSA) is 43.8 Å². The Morgan fingerprint density at radius 3 is 2.57 bits per heavy atom. The molecule has 2 rings (SSSR count). The lowest BCUT2D eigenvalue weighted by atomic mass is 10.1. The van der Waals surface area contributed by atoms with Gasteiger partial charge in [-0.25, -0.2) is 9.18 Å². The highest BCUT2D eigenvalue weighted by Gasteiger charge is 2.15. The van der Waals surface area contributed by atoms with Gasteiger partial charge >= 0.3 is 5.97 Å². The fourth-order valence-corrected chi connectivity index (χ4v) is 2.50. The molecule has 0 aliphatic carbocycles. The van der Waals surface area contributed by atoms with Crippen molar-refractivity contribution < 1.29 is 14.3 Å². The molecule has 0 unspecified atom stereocenters. The first-order valence-corrected chi connectivity index (χ1v) is 7.22. The number of halogens is 1. The van der Waals surface area contributed by atoms with E-state index in [-0.39, 0.29) is 0 Å². The first kappa shape index (κ1) is 15.7. The van der Waals surface area contributed by atoms with Gasteiger partial charge in [-0.15, -0.1) is 0 Å². The fourth-order valence-electron chi connectivity index (χ4n) is 2.50. The van der Waals surface area contributed by atoms with Crippen molar-refractivity contribution in [1.82, 2.24) is 9.80 Å². The quantitative estimate of drug-likeness (QED) is 0.844. The van der Waals surface area contributed by atoms with Crippen LogP contribution in [-0.4, -0.2) is 53.6 Å². The van der Waals surface area contributed by atoms with E-state index in [4.69, 9.17) is 5.11 Å². The van der Waals surface area contributed by atoms with Gasteiger partial charge in [0.05, 0.1) is 0 Å². The van der Waals surface area contributed by atoms with Crippen LogP contribution in [0.5, 0.6) is 0 Å². The second kappa shape index (κ2) is 7.33. The van der Waals surface area contributed by atoms with Gasteiger partial charge in [0.15, 0.2) is 0 Å². The maximum Gasteiger partial charge on any atom is 0.328 e. The third-order valence-corrected chi connectivity index (χ3v) is 3.78. The SMILES string of the molecule is CCN1CCN(Cc2ccc(F)c(C=CC(=O)O)c2)CC1. The van der Waals surface area contributed by atoms with E-state index in [1.807, 2.05) is 0 Å². The van der Waals surface area contributed by atoms with Crippen LogP contribution in [0.1, 0.15) is 18.1 Å². The van der Waals surface area contributed by atoms with Crippen LogP contribution in [0.15, 0.2) is 24.3 Å². The van der Waals surface area contributed by atoms with Crippen LogP contribution < -0.4 is 0 Å². The highest BCUT2D eigenvalue weighted by molar-refractivity contribution is 5.85. The van der Waals surface area contributed by atoms with E-state index in [1.54, 1.807) is 12.1 Å². The summed E-state index contributed by atoms with van der Waals surface area (Å²) in [5.41, 5.74) is 1.33. The standard InChI is InChI=1S/C16H21FN2O2/c1-2-18-7-9-19(10-8-18)12-13-3-5-15(17)14(11-13)4-6-16(20)21/h3-6,11H,2,7-10,12H2,1H3,(H,20,21). The van der Waals surface area contributed by atoms with Crippen molar-refractivity contribution in [2.75, 3.05) is 32.7 Å². The molecule has 0 atom stereocenters. The van der Waals surface area contributed by atoms with E-state index in [1.165, 1.54) is 12.1 Å². The predicted octanol–water partition coefficient (Wildman–Crippen LogP) is 2.06. The Bertz CT molecular complexity index is 523. The Morgan fingerprint density at radius 1 is 1.29 bits per heavy atom. The lowest BCUT2D eigenvalue weighted by Crippen LogP contribution is -2.45. The summed E-state index contributed by atoms with van der Waals surface area (Å²) in [4.78, 5) is 15.3. The van der Waals surface area contributed by atoms with E-state index < -0.39 is 11.8 Å². The van der Waals surface area contributed by atoms with Gasteiger partial charge in [0, 0.05) is 44.4 Å². The van der Waals surface area contributed by atoms with Gasteiger partial charge in [-0.1, -0.05) is 13.0 Å². The minimum Gasteiger partial charge on any atom is -0.478 e. The molecule has 1 saturated heterocycles. The van der Waals surface area contributed by atoms with E-state index in [9.17, 15) is 9.18 Å². The molecule has 1 fully saturated rings. The van der Waals surface area contributed by atoms with Crippen LogP contribution >= 0.6 is 0 Å². The summed E-state index contributed by atoms with van der Waals surface area (Å²) in [6.45, 7) is 8.14. The molecule has 0 saturated carbocycles. The van der Waals surface area contributed by atoms with Gasteiger partial charge in [-0.2, -0.15) is 0 Å². The molecule has 4 nitrogen and oxygen atoms in total. The molecular weight excluding hydrogens is 271 g/mol. The third-order valence-electron chi connectivity index (χ3n) is 3.78. The third kappa shape index (κ3) is 4.65. The molecule has 0 aromatic heterocycles. The largest absolute Gasteiger partial charge is 0.478 e. The molecule has 1 aromatic rings. The first-order valence-electron chi connectivity index (χ1n) is 7.22. The zero-order chi connectivity index (χ0) is 15.2. The van der Waals surface area contributed by atoms with Crippen LogP contribution in [0.3, 0.4) is 0 Å². The lowest BCUT2D eigenvalue weighted by Gasteiger charge is -2.34. The van der Waals surface area contributed by atoms with Gasteiger partial charge in [0.1, 0.15) is 5.82 Å². The number of likely N-dealkylation sites (N-methyl/N-ethyl adjacent to an activating group) is 1. The van der Waals surface area contributed by atoms with Crippen molar-refractivity contribution in [3.63, 3.8) is 0 Å². The fraction of sp³-hybridized carbons (Fsp3) is 0.438. The highest BCUT2D eigenvalue weighted by Crippen LogP contribution is 2.15. The van der Waals surface area contributed by atoms with E-state index >= 15 is 0 Å². The molecule has 0 radical (unpaired) electrons. The minimum absolute atomic E-state index is 0.321. The van der Waals surface area contributed by atoms with Crippen molar-refractivity contribution in [3.05, 3.63) is 41.2 Å². The molecule has 0 amide bonds.